The largest absolute Gasteiger partial charge is 0.507 e. The highest BCUT2D eigenvalue weighted by atomic mass is 16.3. The van der Waals surface area contributed by atoms with E-state index in [1.165, 1.54) is 17.7 Å². The highest BCUT2D eigenvalue weighted by Gasteiger charge is 2.25. The number of rotatable bonds is 7. The van der Waals surface area contributed by atoms with Crippen molar-refractivity contribution >= 4 is 11.0 Å². The van der Waals surface area contributed by atoms with Gasteiger partial charge in [0.2, 0.25) is 0 Å². The Morgan fingerprint density at radius 2 is 1.05 bits per heavy atom. The molecule has 2 aromatic heterocycles. The second-order valence-electron chi connectivity index (χ2n) is 18.7. The van der Waals surface area contributed by atoms with Crippen molar-refractivity contribution in [3.63, 3.8) is 0 Å². The fraction of sp³-hybridized carbons (Fsp3) is 0.200. The smallest absolute Gasteiger partial charge is 0.149 e. The molecule has 9 aromatic rings. The van der Waals surface area contributed by atoms with Crippen molar-refractivity contribution in [3.8, 4) is 78.6 Å². The van der Waals surface area contributed by atoms with Gasteiger partial charge in [0.05, 0.1) is 28.0 Å². The van der Waals surface area contributed by atoms with Crippen LogP contribution in [0.3, 0.4) is 0 Å². The lowest BCUT2D eigenvalue weighted by Crippen LogP contribution is -2.13. The van der Waals surface area contributed by atoms with Crippen molar-refractivity contribution in [1.29, 1.82) is 0 Å². The molecule has 0 radical (unpaired) electrons. The molecule has 1 N–H and O–H groups in total. The number of imidazole rings is 1. The molecule has 4 heteroatoms. The second-order valence-corrected chi connectivity index (χ2v) is 18.7. The fourth-order valence-corrected chi connectivity index (χ4v) is 8.41. The number of nitrogens with zero attached hydrogens (tertiary/aromatic N) is 3. The van der Waals surface area contributed by atoms with Crippen LogP contribution in [0.2, 0.25) is 0 Å². The minimum Gasteiger partial charge on any atom is -0.507 e. The number of hydrogen-bond acceptors (Lipinski definition) is 3. The zero-order valence-electron chi connectivity index (χ0n) is 46.0. The Morgan fingerprint density at radius 3 is 1.73 bits per heavy atom. The van der Waals surface area contributed by atoms with Crippen LogP contribution in [-0.4, -0.2) is 19.6 Å². The summed E-state index contributed by atoms with van der Waals surface area (Å²) in [6.45, 7) is 3.12. The molecule has 0 amide bonds. The standard InChI is InChI=1S/C60H57N3O/c1-58(2,3)46-26-22-40(23-27-46)42-32-33-61-52(37-42)45-35-43(39-16-11-10-12-17-39)34-44(36-45)50-19-15-20-53-56(50)62-57(51-18-13-14-21-55(51)64)63(53)54-38-48(60(7,8)9)30-31-49(54)41-24-28-47(29-25-41)59(4,5)6/h10-38,64H,1-9H3/i1D3,2D3,3D3. The van der Waals surface area contributed by atoms with Crippen LogP contribution < -0.4 is 0 Å². The number of benzene rings is 7. The van der Waals surface area contributed by atoms with Gasteiger partial charge in [0.15, 0.2) is 0 Å². The predicted octanol–water partition coefficient (Wildman–Crippen LogP) is 16.0. The van der Waals surface area contributed by atoms with E-state index in [-0.39, 0.29) is 22.1 Å². The molecule has 0 spiro atoms. The van der Waals surface area contributed by atoms with Gasteiger partial charge in [0, 0.05) is 35.2 Å². The molecule has 0 atom stereocenters. The first-order chi connectivity index (χ1) is 34.3. The maximum atomic E-state index is 11.6. The minimum absolute atomic E-state index is 0.0253. The Labute approximate surface area is 391 Å². The summed E-state index contributed by atoms with van der Waals surface area (Å²) in [4.78, 5) is 10.3. The number of phenolic OH excluding ortho intramolecular Hbond substituents is 1. The Hall–Kier alpha value is -7.04. The molecule has 9 rings (SSSR count). The number of fused-ring (bicyclic) bond motifs is 1. The average Bonchev–Trinajstić information content (AvgIpc) is 3.72. The number of aromatic nitrogens is 3. The third kappa shape index (κ3) is 8.29. The van der Waals surface area contributed by atoms with Gasteiger partial charge in [-0.25, -0.2) is 4.98 Å². The Morgan fingerprint density at radius 1 is 0.453 bits per heavy atom. The summed E-state index contributed by atoms with van der Waals surface area (Å²) >= 11 is 0. The molecule has 7 aromatic carbocycles. The topological polar surface area (TPSA) is 50.9 Å². The summed E-state index contributed by atoms with van der Waals surface area (Å²) in [5.41, 5.74) is 10.2. The Kier molecular flexibility index (Phi) is 8.28. The summed E-state index contributed by atoms with van der Waals surface area (Å²) < 4.78 is 76.1. The van der Waals surface area contributed by atoms with Crippen LogP contribution >= 0.6 is 0 Å². The average molecular weight is 845 g/mol. The van der Waals surface area contributed by atoms with Crippen LogP contribution in [0, 0.1) is 0 Å². The van der Waals surface area contributed by atoms with Gasteiger partial charge in [0.25, 0.3) is 0 Å². The maximum absolute atomic E-state index is 11.6. The summed E-state index contributed by atoms with van der Waals surface area (Å²) in [6.07, 6.45) is 1.67. The van der Waals surface area contributed by atoms with Crippen LogP contribution in [0.4, 0.5) is 0 Å². The van der Waals surface area contributed by atoms with Gasteiger partial charge in [-0.3, -0.25) is 9.55 Å². The zero-order chi connectivity index (χ0) is 52.5. The number of hydrogen-bond donors (Lipinski definition) is 1. The molecule has 318 valence electrons. The molecular weight excluding hydrogens is 779 g/mol. The van der Waals surface area contributed by atoms with Crippen molar-refractivity contribution in [2.24, 2.45) is 0 Å². The molecule has 0 bridgehead atoms. The number of phenols is 1. The summed E-state index contributed by atoms with van der Waals surface area (Å²) in [5, 5.41) is 11.6. The quantitative estimate of drug-likeness (QED) is 0.174. The Balaban J connectivity index is 1.24. The lowest BCUT2D eigenvalue weighted by Gasteiger charge is -2.24. The van der Waals surface area contributed by atoms with E-state index in [0.29, 0.717) is 28.2 Å². The number of aromatic hydroxyl groups is 1. The third-order valence-electron chi connectivity index (χ3n) is 12.1. The van der Waals surface area contributed by atoms with Crippen LogP contribution in [-0.2, 0) is 16.2 Å². The van der Waals surface area contributed by atoms with Crippen LogP contribution in [0.25, 0.3) is 83.9 Å². The van der Waals surface area contributed by atoms with Crippen molar-refractivity contribution < 1.29 is 17.4 Å². The molecule has 64 heavy (non-hydrogen) atoms. The van der Waals surface area contributed by atoms with Crippen molar-refractivity contribution in [2.75, 3.05) is 0 Å². The molecule has 0 fully saturated rings. The SMILES string of the molecule is [2H]C([2H])([2H])C(c1ccc(-c2ccnc(-c3cc(-c4ccccc4)cc(-c4cccc5c4nc(-c4ccccc4O)n5-c4cc(C(C)(C)C)ccc4-c4ccc(C(C)(C)C)cc4)c3)c2)cc1)(C([2H])([2H])[2H])C([2H])([2H])[2H]. The van der Waals surface area contributed by atoms with E-state index in [9.17, 15) is 5.11 Å². The van der Waals surface area contributed by atoms with Crippen LogP contribution in [0.15, 0.2) is 176 Å². The summed E-state index contributed by atoms with van der Waals surface area (Å²) in [5.74, 6) is 0.677. The summed E-state index contributed by atoms with van der Waals surface area (Å²) in [6, 6.07) is 54.6. The van der Waals surface area contributed by atoms with Gasteiger partial charge in [-0.05, 0) is 121 Å². The first-order valence-electron chi connectivity index (χ1n) is 26.1. The van der Waals surface area contributed by atoms with Gasteiger partial charge in [-0.15, -0.1) is 0 Å². The summed E-state index contributed by atoms with van der Waals surface area (Å²) in [7, 11) is 0. The second kappa shape index (κ2) is 16.3. The third-order valence-corrected chi connectivity index (χ3v) is 12.1. The molecule has 4 nitrogen and oxygen atoms in total. The van der Waals surface area contributed by atoms with Crippen LogP contribution in [0.5, 0.6) is 5.75 Å². The zero-order valence-corrected chi connectivity index (χ0v) is 37.0. The predicted molar refractivity (Wildman–Crippen MR) is 269 cm³/mol. The lowest BCUT2D eigenvalue weighted by molar-refractivity contribution is 0.477. The van der Waals surface area contributed by atoms with Gasteiger partial charge < -0.3 is 5.11 Å². The van der Waals surface area contributed by atoms with E-state index in [1.807, 2.05) is 42.5 Å². The van der Waals surface area contributed by atoms with Gasteiger partial charge >= 0.3 is 0 Å². The fourth-order valence-electron chi connectivity index (χ4n) is 8.41. The highest BCUT2D eigenvalue weighted by Crippen LogP contribution is 2.43. The van der Waals surface area contributed by atoms with E-state index in [1.54, 1.807) is 36.5 Å². The molecular formula is C60H57N3O. The first-order valence-corrected chi connectivity index (χ1v) is 21.6. The van der Waals surface area contributed by atoms with E-state index >= 15 is 0 Å². The van der Waals surface area contributed by atoms with Gasteiger partial charge in [-0.2, -0.15) is 0 Å². The molecule has 0 aliphatic heterocycles. The number of pyridine rings is 1. The molecule has 0 aliphatic rings. The van der Waals surface area contributed by atoms with Gasteiger partial charge in [-0.1, -0.05) is 177 Å². The van der Waals surface area contributed by atoms with E-state index in [4.69, 9.17) is 22.3 Å². The highest BCUT2D eigenvalue weighted by molar-refractivity contribution is 5.98. The van der Waals surface area contributed by atoms with E-state index in [2.05, 4.69) is 131 Å². The normalized spacial score (nSPS) is 14.9. The maximum Gasteiger partial charge on any atom is 0.149 e. The molecule has 0 aliphatic carbocycles. The molecule has 2 heterocycles. The van der Waals surface area contributed by atoms with Crippen molar-refractivity contribution in [2.45, 2.75) is 78.3 Å². The van der Waals surface area contributed by atoms with Crippen molar-refractivity contribution in [3.05, 3.63) is 193 Å². The van der Waals surface area contributed by atoms with Crippen LogP contribution in [0.1, 0.15) is 91.1 Å². The lowest BCUT2D eigenvalue weighted by atomic mass is 9.84. The van der Waals surface area contributed by atoms with E-state index < -0.39 is 26.0 Å². The first kappa shape index (κ1) is 32.6. The van der Waals surface area contributed by atoms with E-state index in [0.717, 1.165) is 61.2 Å². The van der Waals surface area contributed by atoms with Crippen molar-refractivity contribution in [1.82, 2.24) is 14.5 Å². The van der Waals surface area contributed by atoms with Gasteiger partial charge in [0.1, 0.15) is 11.6 Å². The Bertz CT molecular complexity index is 3450. The number of para-hydroxylation sites is 2. The monoisotopic (exact) mass is 845 g/mol. The minimum atomic E-state index is -3.37. The molecule has 0 saturated carbocycles. The molecule has 0 unspecified atom stereocenters. The molecule has 0 saturated heterocycles.